The van der Waals surface area contributed by atoms with Gasteiger partial charge in [0.15, 0.2) is 0 Å². The zero-order chi connectivity index (χ0) is 15.5. The molecular formula is C17H25ClN2OS. The third kappa shape index (κ3) is 3.66. The molecule has 22 heavy (non-hydrogen) atoms. The zero-order valence-electron chi connectivity index (χ0n) is 13.3. The van der Waals surface area contributed by atoms with E-state index in [-0.39, 0.29) is 5.91 Å². The number of carbonyl (C=O) groups is 1. The van der Waals surface area contributed by atoms with Crippen LogP contribution >= 0.6 is 22.9 Å². The Morgan fingerprint density at radius 1 is 1.27 bits per heavy atom. The summed E-state index contributed by atoms with van der Waals surface area (Å²) in [5, 5.41) is 0. The Bertz CT molecular complexity index is 513. The molecule has 0 unspecified atom stereocenters. The molecule has 1 aliphatic carbocycles. The number of nitrogens with zero attached hydrogens (tertiary/aromatic N) is 2. The quantitative estimate of drug-likeness (QED) is 0.832. The second-order valence-corrected chi connectivity index (χ2v) is 8.35. The van der Waals surface area contributed by atoms with Gasteiger partial charge in [-0.05, 0) is 50.9 Å². The first kappa shape index (κ1) is 16.3. The van der Waals surface area contributed by atoms with Crippen LogP contribution in [0.5, 0.6) is 0 Å². The smallest absolute Gasteiger partial charge is 0.227 e. The number of rotatable bonds is 4. The second kappa shape index (κ2) is 7.33. The van der Waals surface area contributed by atoms with E-state index >= 15 is 0 Å². The van der Waals surface area contributed by atoms with Crippen LogP contribution in [0, 0.1) is 0 Å². The topological polar surface area (TPSA) is 23.6 Å². The predicted molar refractivity (Wildman–Crippen MR) is 92.7 cm³/mol. The number of thiophene rings is 1. The van der Waals surface area contributed by atoms with E-state index in [1.54, 1.807) is 0 Å². The largest absolute Gasteiger partial charge is 0.341 e. The van der Waals surface area contributed by atoms with Crippen molar-refractivity contribution in [3.05, 3.63) is 21.3 Å². The van der Waals surface area contributed by atoms with Crippen LogP contribution in [0.15, 0.2) is 12.1 Å². The zero-order valence-corrected chi connectivity index (χ0v) is 14.8. The van der Waals surface area contributed by atoms with Gasteiger partial charge in [0, 0.05) is 24.0 Å². The first-order valence-corrected chi connectivity index (χ1v) is 9.58. The van der Waals surface area contributed by atoms with Crippen molar-refractivity contribution in [3.63, 3.8) is 0 Å². The normalized spacial score (nSPS) is 26.3. The Hall–Kier alpha value is -0.580. The van der Waals surface area contributed by atoms with Crippen molar-refractivity contribution in [2.75, 3.05) is 20.1 Å². The Morgan fingerprint density at radius 2 is 2.00 bits per heavy atom. The Morgan fingerprint density at radius 3 is 2.68 bits per heavy atom. The van der Waals surface area contributed by atoms with Crippen LogP contribution in [0.3, 0.4) is 0 Å². The highest BCUT2D eigenvalue weighted by molar-refractivity contribution is 7.16. The third-order valence-electron chi connectivity index (χ3n) is 5.15. The van der Waals surface area contributed by atoms with Crippen LogP contribution in [0.25, 0.3) is 0 Å². The summed E-state index contributed by atoms with van der Waals surface area (Å²) in [5.41, 5.74) is 0. The summed E-state index contributed by atoms with van der Waals surface area (Å²) in [4.78, 5) is 18.4. The van der Waals surface area contributed by atoms with Gasteiger partial charge in [0.05, 0.1) is 10.8 Å². The molecule has 1 amide bonds. The first-order valence-electron chi connectivity index (χ1n) is 8.39. The van der Waals surface area contributed by atoms with Gasteiger partial charge < -0.3 is 4.90 Å². The van der Waals surface area contributed by atoms with E-state index in [0.29, 0.717) is 18.5 Å². The number of amides is 1. The minimum Gasteiger partial charge on any atom is -0.341 e. The third-order valence-corrected chi connectivity index (χ3v) is 6.38. The van der Waals surface area contributed by atoms with Gasteiger partial charge in [-0.1, -0.05) is 24.4 Å². The summed E-state index contributed by atoms with van der Waals surface area (Å²) in [5.74, 6) is 0.231. The maximum absolute atomic E-state index is 12.7. The van der Waals surface area contributed by atoms with Crippen molar-refractivity contribution >= 4 is 28.8 Å². The standard InChI is InChI=1S/C17H25ClN2OS/c1-19(17(21)12-13-8-9-16(18)22-13)14-6-2-3-7-15(14)20-10-4-5-11-20/h8-9,14-15H,2-7,10-12H2,1H3/t14-,15-/m1/s1. The first-order chi connectivity index (χ1) is 10.6. The van der Waals surface area contributed by atoms with Gasteiger partial charge in [0.2, 0.25) is 5.91 Å². The lowest BCUT2D eigenvalue weighted by Gasteiger charge is -2.42. The molecule has 1 aliphatic heterocycles. The fourth-order valence-electron chi connectivity index (χ4n) is 3.95. The molecule has 1 saturated carbocycles. The van der Waals surface area contributed by atoms with Gasteiger partial charge in [-0.2, -0.15) is 0 Å². The van der Waals surface area contributed by atoms with Crippen molar-refractivity contribution < 1.29 is 4.79 Å². The Balaban J connectivity index is 1.65. The maximum atomic E-state index is 12.7. The van der Waals surface area contributed by atoms with Crippen molar-refractivity contribution in [1.29, 1.82) is 0 Å². The molecule has 122 valence electrons. The maximum Gasteiger partial charge on any atom is 0.227 e. The number of hydrogen-bond donors (Lipinski definition) is 0. The molecule has 3 nitrogen and oxygen atoms in total. The number of likely N-dealkylation sites (tertiary alicyclic amines) is 1. The van der Waals surface area contributed by atoms with Gasteiger partial charge in [-0.15, -0.1) is 11.3 Å². The Kier molecular flexibility index (Phi) is 5.42. The highest BCUT2D eigenvalue weighted by Gasteiger charge is 2.35. The van der Waals surface area contributed by atoms with Crippen molar-refractivity contribution in [2.45, 2.75) is 57.0 Å². The monoisotopic (exact) mass is 340 g/mol. The molecule has 1 saturated heterocycles. The van der Waals surface area contributed by atoms with E-state index in [9.17, 15) is 4.79 Å². The minimum absolute atomic E-state index is 0.231. The van der Waals surface area contributed by atoms with Crippen molar-refractivity contribution in [1.82, 2.24) is 9.80 Å². The molecule has 3 rings (SSSR count). The van der Waals surface area contributed by atoms with Crippen molar-refractivity contribution in [3.8, 4) is 0 Å². The SMILES string of the molecule is CN(C(=O)Cc1ccc(Cl)s1)[C@@H]1CCCC[C@H]1N1CCCC1. The lowest BCUT2D eigenvalue weighted by atomic mass is 9.88. The lowest BCUT2D eigenvalue weighted by molar-refractivity contribution is -0.133. The van der Waals surface area contributed by atoms with E-state index < -0.39 is 0 Å². The summed E-state index contributed by atoms with van der Waals surface area (Å²) >= 11 is 7.48. The minimum atomic E-state index is 0.231. The van der Waals surface area contributed by atoms with Gasteiger partial charge in [0.1, 0.15) is 0 Å². The predicted octanol–water partition coefficient (Wildman–Crippen LogP) is 3.81. The fraction of sp³-hybridized carbons (Fsp3) is 0.706. The van der Waals surface area contributed by atoms with Crippen molar-refractivity contribution in [2.24, 2.45) is 0 Å². The molecule has 0 radical (unpaired) electrons. The van der Waals surface area contributed by atoms with E-state index in [0.717, 1.165) is 15.6 Å². The molecule has 2 fully saturated rings. The molecule has 0 bridgehead atoms. The molecule has 0 aromatic carbocycles. The molecule has 1 aromatic heterocycles. The Labute approximate surface area is 142 Å². The lowest BCUT2D eigenvalue weighted by Crippen LogP contribution is -2.53. The van der Waals surface area contributed by atoms with Crippen LogP contribution in [-0.4, -0.2) is 47.9 Å². The van der Waals surface area contributed by atoms with Crippen LogP contribution in [0.2, 0.25) is 4.34 Å². The summed E-state index contributed by atoms with van der Waals surface area (Å²) in [6.45, 7) is 2.42. The van der Waals surface area contributed by atoms with Gasteiger partial charge in [-0.25, -0.2) is 0 Å². The molecular weight excluding hydrogens is 316 g/mol. The molecule has 5 heteroatoms. The van der Waals surface area contributed by atoms with Crippen LogP contribution in [0.1, 0.15) is 43.4 Å². The number of hydrogen-bond acceptors (Lipinski definition) is 3. The summed E-state index contributed by atoms with van der Waals surface area (Å²) in [7, 11) is 2.00. The molecule has 2 aliphatic rings. The molecule has 0 N–H and O–H groups in total. The van der Waals surface area contributed by atoms with Crippen LogP contribution < -0.4 is 0 Å². The van der Waals surface area contributed by atoms with Gasteiger partial charge in [0.25, 0.3) is 0 Å². The summed E-state index contributed by atoms with van der Waals surface area (Å²) < 4.78 is 0.762. The molecule has 2 atom stereocenters. The highest BCUT2D eigenvalue weighted by atomic mass is 35.5. The van der Waals surface area contributed by atoms with E-state index in [1.807, 2.05) is 24.1 Å². The van der Waals surface area contributed by atoms with E-state index in [1.165, 1.54) is 56.5 Å². The molecule has 0 spiro atoms. The molecule has 2 heterocycles. The van der Waals surface area contributed by atoms with Crippen LogP contribution in [0.4, 0.5) is 0 Å². The number of halogens is 1. The fourth-order valence-corrected chi connectivity index (χ4v) is 5.03. The highest BCUT2D eigenvalue weighted by Crippen LogP contribution is 2.30. The number of carbonyl (C=O) groups excluding carboxylic acids is 1. The van der Waals surface area contributed by atoms with Crippen LogP contribution in [-0.2, 0) is 11.2 Å². The molecule has 1 aromatic rings. The second-order valence-electron chi connectivity index (χ2n) is 6.55. The van der Waals surface area contributed by atoms with Gasteiger partial charge >= 0.3 is 0 Å². The average molecular weight is 341 g/mol. The van der Waals surface area contributed by atoms with Gasteiger partial charge in [-0.3, -0.25) is 9.69 Å². The summed E-state index contributed by atoms with van der Waals surface area (Å²) in [6.07, 6.45) is 8.06. The average Bonchev–Trinajstić information content (AvgIpc) is 3.18. The summed E-state index contributed by atoms with van der Waals surface area (Å²) in [6, 6.07) is 4.80. The number of likely N-dealkylation sites (N-methyl/N-ethyl adjacent to an activating group) is 1. The van der Waals surface area contributed by atoms with E-state index in [2.05, 4.69) is 4.90 Å². The van der Waals surface area contributed by atoms with E-state index in [4.69, 9.17) is 11.6 Å².